The number of ether oxygens (including phenoxy) is 1. The summed E-state index contributed by atoms with van der Waals surface area (Å²) < 4.78 is 4.86. The highest BCUT2D eigenvalue weighted by molar-refractivity contribution is 6.31. The first-order valence-corrected chi connectivity index (χ1v) is 9.12. The Hall–Kier alpha value is -2.73. The Morgan fingerprint density at radius 2 is 1.78 bits per heavy atom. The quantitative estimate of drug-likeness (QED) is 0.814. The van der Waals surface area contributed by atoms with E-state index in [0.29, 0.717) is 42.5 Å². The van der Waals surface area contributed by atoms with Crippen LogP contribution in [0, 0.1) is 6.92 Å². The average molecular weight is 388 g/mol. The van der Waals surface area contributed by atoms with Gasteiger partial charge in [-0.25, -0.2) is 9.59 Å². The van der Waals surface area contributed by atoms with Gasteiger partial charge in [-0.05, 0) is 36.8 Å². The van der Waals surface area contributed by atoms with Crippen molar-refractivity contribution in [2.45, 2.75) is 6.92 Å². The first-order valence-electron chi connectivity index (χ1n) is 8.74. The van der Waals surface area contributed by atoms with Crippen molar-refractivity contribution in [3.63, 3.8) is 0 Å². The first-order chi connectivity index (χ1) is 13.0. The highest BCUT2D eigenvalue weighted by Gasteiger charge is 2.24. The molecule has 0 aliphatic carbocycles. The molecule has 0 saturated carbocycles. The van der Waals surface area contributed by atoms with E-state index in [1.165, 1.54) is 7.11 Å². The number of nitrogens with zero attached hydrogens (tertiary/aromatic N) is 2. The fourth-order valence-corrected chi connectivity index (χ4v) is 3.24. The van der Waals surface area contributed by atoms with E-state index in [1.807, 2.05) is 37.3 Å². The van der Waals surface area contributed by atoms with E-state index in [9.17, 15) is 9.59 Å². The number of halogens is 1. The largest absolute Gasteiger partial charge is 0.465 e. The monoisotopic (exact) mass is 387 g/mol. The molecule has 0 atom stereocenters. The zero-order valence-electron chi connectivity index (χ0n) is 15.4. The van der Waals surface area contributed by atoms with Crippen LogP contribution in [0.5, 0.6) is 0 Å². The Kier molecular flexibility index (Phi) is 5.86. The Morgan fingerprint density at radius 3 is 2.44 bits per heavy atom. The molecule has 1 aliphatic heterocycles. The van der Waals surface area contributed by atoms with Gasteiger partial charge in [-0.1, -0.05) is 29.8 Å². The van der Waals surface area contributed by atoms with Gasteiger partial charge in [0, 0.05) is 36.9 Å². The summed E-state index contributed by atoms with van der Waals surface area (Å²) in [5.74, 6) is -0.359. The van der Waals surface area contributed by atoms with E-state index in [1.54, 1.807) is 17.0 Å². The van der Waals surface area contributed by atoms with Gasteiger partial charge in [0.05, 0.1) is 18.4 Å². The zero-order valence-corrected chi connectivity index (χ0v) is 16.1. The average Bonchev–Trinajstić information content (AvgIpc) is 2.70. The molecule has 3 rings (SSSR count). The van der Waals surface area contributed by atoms with Gasteiger partial charge in [-0.3, -0.25) is 0 Å². The molecule has 0 aromatic heterocycles. The lowest BCUT2D eigenvalue weighted by Gasteiger charge is -2.36. The second-order valence-corrected chi connectivity index (χ2v) is 6.78. The van der Waals surface area contributed by atoms with Crippen molar-refractivity contribution in [3.05, 3.63) is 58.6 Å². The van der Waals surface area contributed by atoms with Crippen LogP contribution in [0.3, 0.4) is 0 Å². The molecule has 2 amide bonds. The maximum atomic E-state index is 12.5. The maximum absolute atomic E-state index is 12.5. The van der Waals surface area contributed by atoms with Gasteiger partial charge in [-0.15, -0.1) is 0 Å². The number of nitrogens with one attached hydrogen (secondary N) is 1. The SMILES string of the molecule is COC(=O)c1ccccc1N1CCN(C(=O)Nc2ccc(C)c(Cl)c2)CC1. The van der Waals surface area contributed by atoms with Crippen molar-refractivity contribution in [2.75, 3.05) is 43.5 Å². The van der Waals surface area contributed by atoms with Gasteiger partial charge in [0.15, 0.2) is 0 Å². The highest BCUT2D eigenvalue weighted by Crippen LogP contribution is 2.23. The van der Waals surface area contributed by atoms with Crippen molar-refractivity contribution < 1.29 is 14.3 Å². The van der Waals surface area contributed by atoms with Crippen LogP contribution < -0.4 is 10.2 Å². The Balaban J connectivity index is 1.63. The number of carbonyl (C=O) groups is 2. The molecule has 1 heterocycles. The van der Waals surface area contributed by atoms with Crippen LogP contribution in [0.15, 0.2) is 42.5 Å². The van der Waals surface area contributed by atoms with E-state index in [2.05, 4.69) is 10.2 Å². The molecule has 6 nitrogen and oxygen atoms in total. The molecule has 1 saturated heterocycles. The van der Waals surface area contributed by atoms with Crippen molar-refractivity contribution in [1.29, 1.82) is 0 Å². The molecule has 2 aromatic rings. The van der Waals surface area contributed by atoms with Crippen molar-refractivity contribution in [3.8, 4) is 0 Å². The molecule has 1 N–H and O–H groups in total. The predicted molar refractivity (Wildman–Crippen MR) is 107 cm³/mol. The summed E-state index contributed by atoms with van der Waals surface area (Å²) in [7, 11) is 1.37. The molecule has 0 radical (unpaired) electrons. The number of urea groups is 1. The fourth-order valence-electron chi connectivity index (χ4n) is 3.06. The van der Waals surface area contributed by atoms with Gasteiger partial charge in [0.1, 0.15) is 0 Å². The summed E-state index contributed by atoms with van der Waals surface area (Å²) in [6.45, 7) is 4.30. The number of esters is 1. The number of anilines is 2. The van der Waals surface area contributed by atoms with Gasteiger partial charge in [0.25, 0.3) is 0 Å². The van der Waals surface area contributed by atoms with E-state index >= 15 is 0 Å². The fraction of sp³-hybridized carbons (Fsp3) is 0.300. The van der Waals surface area contributed by atoms with E-state index < -0.39 is 0 Å². The Morgan fingerprint density at radius 1 is 1.07 bits per heavy atom. The molecule has 0 spiro atoms. The molecule has 1 aliphatic rings. The smallest absolute Gasteiger partial charge is 0.339 e. The maximum Gasteiger partial charge on any atom is 0.339 e. The number of amides is 2. The van der Waals surface area contributed by atoms with E-state index in [-0.39, 0.29) is 12.0 Å². The molecular weight excluding hydrogens is 366 g/mol. The number of benzene rings is 2. The van der Waals surface area contributed by atoms with Crippen LogP contribution in [0.4, 0.5) is 16.2 Å². The third-order valence-corrected chi connectivity index (χ3v) is 5.05. The zero-order chi connectivity index (χ0) is 19.4. The first kappa shape index (κ1) is 19.0. The third kappa shape index (κ3) is 4.34. The summed E-state index contributed by atoms with van der Waals surface area (Å²) in [5, 5.41) is 3.51. The molecule has 142 valence electrons. The van der Waals surface area contributed by atoms with E-state index in [0.717, 1.165) is 11.3 Å². The third-order valence-electron chi connectivity index (χ3n) is 4.64. The highest BCUT2D eigenvalue weighted by atomic mass is 35.5. The van der Waals surface area contributed by atoms with Crippen LogP contribution in [0.2, 0.25) is 5.02 Å². The lowest BCUT2D eigenvalue weighted by Crippen LogP contribution is -2.50. The minimum Gasteiger partial charge on any atom is -0.465 e. The number of para-hydroxylation sites is 1. The van der Waals surface area contributed by atoms with Crippen molar-refractivity contribution in [2.24, 2.45) is 0 Å². The van der Waals surface area contributed by atoms with E-state index in [4.69, 9.17) is 16.3 Å². The van der Waals surface area contributed by atoms with Gasteiger partial charge >= 0.3 is 12.0 Å². The van der Waals surface area contributed by atoms with Crippen LogP contribution in [-0.4, -0.2) is 50.2 Å². The molecule has 1 fully saturated rings. The number of methoxy groups -OCH3 is 1. The molecular formula is C20H22ClN3O3. The summed E-state index contributed by atoms with van der Waals surface area (Å²) in [6.07, 6.45) is 0. The van der Waals surface area contributed by atoms with Gasteiger partial charge in [0.2, 0.25) is 0 Å². The van der Waals surface area contributed by atoms with Crippen molar-refractivity contribution in [1.82, 2.24) is 4.90 Å². The predicted octanol–water partition coefficient (Wildman–Crippen LogP) is 3.79. The molecule has 27 heavy (non-hydrogen) atoms. The second kappa shape index (κ2) is 8.31. The lowest BCUT2D eigenvalue weighted by atomic mass is 10.1. The molecule has 0 bridgehead atoms. The normalized spacial score (nSPS) is 14.0. The minimum absolute atomic E-state index is 0.157. The van der Waals surface area contributed by atoms with Crippen LogP contribution >= 0.6 is 11.6 Å². The standard InChI is InChI=1S/C20H22ClN3O3/c1-14-7-8-15(13-17(14)21)22-20(26)24-11-9-23(10-12-24)18-6-4-3-5-16(18)19(25)27-2/h3-8,13H,9-12H2,1-2H3,(H,22,26). The van der Waals surface area contributed by atoms with Crippen LogP contribution in [-0.2, 0) is 4.74 Å². The minimum atomic E-state index is -0.359. The van der Waals surface area contributed by atoms with Crippen LogP contribution in [0.1, 0.15) is 15.9 Å². The number of hydrogen-bond donors (Lipinski definition) is 1. The summed E-state index contributed by atoms with van der Waals surface area (Å²) in [6, 6.07) is 12.7. The lowest BCUT2D eigenvalue weighted by molar-refractivity contribution is 0.0601. The Bertz CT molecular complexity index is 848. The number of carbonyl (C=O) groups excluding carboxylic acids is 2. The summed E-state index contributed by atoms with van der Waals surface area (Å²) in [4.78, 5) is 28.3. The summed E-state index contributed by atoms with van der Waals surface area (Å²) in [5.41, 5.74) is 3.00. The van der Waals surface area contributed by atoms with Gasteiger partial charge < -0.3 is 19.9 Å². The number of piperazine rings is 1. The van der Waals surface area contributed by atoms with Gasteiger partial charge in [-0.2, -0.15) is 0 Å². The number of hydrogen-bond acceptors (Lipinski definition) is 4. The number of aryl methyl sites for hydroxylation is 1. The molecule has 2 aromatic carbocycles. The number of rotatable bonds is 3. The second-order valence-electron chi connectivity index (χ2n) is 6.38. The van der Waals surface area contributed by atoms with Crippen molar-refractivity contribution >= 4 is 35.0 Å². The molecule has 0 unspecified atom stereocenters. The van der Waals surface area contributed by atoms with Crippen LogP contribution in [0.25, 0.3) is 0 Å². The topological polar surface area (TPSA) is 61.9 Å². The summed E-state index contributed by atoms with van der Waals surface area (Å²) >= 11 is 6.11. The Labute approximate surface area is 163 Å². The molecule has 7 heteroatoms.